The van der Waals surface area contributed by atoms with Gasteiger partial charge in [0.15, 0.2) is 0 Å². The summed E-state index contributed by atoms with van der Waals surface area (Å²) in [5, 5.41) is 11.9. The van der Waals surface area contributed by atoms with E-state index in [0.717, 1.165) is 45.4 Å². The number of nitrogens with two attached hydrogens (primary N) is 1. The van der Waals surface area contributed by atoms with Crippen molar-refractivity contribution >= 4 is 17.5 Å². The molecule has 9 nitrogen and oxygen atoms in total. The van der Waals surface area contributed by atoms with E-state index in [1.165, 1.54) is 0 Å². The number of nitrogens with zero attached hydrogens (tertiary/aromatic N) is 2. The van der Waals surface area contributed by atoms with Crippen molar-refractivity contribution in [1.29, 1.82) is 0 Å². The lowest BCUT2D eigenvalue weighted by Crippen LogP contribution is -2.61. The van der Waals surface area contributed by atoms with Crippen LogP contribution in [0.15, 0.2) is 0 Å². The van der Waals surface area contributed by atoms with E-state index in [-0.39, 0.29) is 41.6 Å². The number of fused-ring (bicyclic) bond motifs is 1. The zero-order valence-electron chi connectivity index (χ0n) is 16.6. The molecule has 0 aromatic carbocycles. The van der Waals surface area contributed by atoms with Crippen molar-refractivity contribution in [3.8, 4) is 0 Å². The van der Waals surface area contributed by atoms with E-state index in [1.54, 1.807) is 0 Å². The van der Waals surface area contributed by atoms with Crippen LogP contribution in [-0.2, 0) is 9.53 Å². The number of likely N-dealkylation sites (tertiary alicyclic amines) is 1. The van der Waals surface area contributed by atoms with Gasteiger partial charge in [-0.2, -0.15) is 0 Å². The summed E-state index contributed by atoms with van der Waals surface area (Å²) in [6, 6.07) is -0.0425. The molecule has 0 aromatic heterocycles. The molecule has 7 atom stereocenters. The maximum atomic E-state index is 13.1. The van der Waals surface area contributed by atoms with Gasteiger partial charge < -0.3 is 26.0 Å². The molecule has 10 heteroatoms. The number of hydrogen-bond acceptors (Lipinski definition) is 8. The third-order valence-electron chi connectivity index (χ3n) is 6.32. The first-order chi connectivity index (χ1) is 13.5. The SMILES string of the molecule is CN1CCCC(OC2CCNCC2NC(=O)C2C(N)NN3CC(Cl)CNC23)C1. The van der Waals surface area contributed by atoms with Crippen LogP contribution in [0.4, 0.5) is 0 Å². The van der Waals surface area contributed by atoms with Crippen molar-refractivity contribution in [2.45, 2.75) is 55.2 Å². The minimum atomic E-state index is -0.428. The van der Waals surface area contributed by atoms with Gasteiger partial charge in [0.1, 0.15) is 0 Å². The third-order valence-corrected chi connectivity index (χ3v) is 6.61. The minimum absolute atomic E-state index is 0.00621. The molecule has 4 rings (SSSR count). The number of hydrazine groups is 1. The molecule has 7 unspecified atom stereocenters. The Bertz CT molecular complexity index is 556. The van der Waals surface area contributed by atoms with E-state index < -0.39 is 6.17 Å². The highest BCUT2D eigenvalue weighted by molar-refractivity contribution is 6.21. The Balaban J connectivity index is 1.36. The van der Waals surface area contributed by atoms with Crippen molar-refractivity contribution in [3.05, 3.63) is 0 Å². The van der Waals surface area contributed by atoms with Crippen molar-refractivity contribution in [3.63, 3.8) is 0 Å². The summed E-state index contributed by atoms with van der Waals surface area (Å²) in [5.41, 5.74) is 9.43. The molecule has 4 fully saturated rings. The molecule has 1 amide bonds. The Labute approximate surface area is 172 Å². The number of hydrogen-bond donors (Lipinski definition) is 5. The van der Waals surface area contributed by atoms with E-state index in [1.807, 2.05) is 5.01 Å². The van der Waals surface area contributed by atoms with Gasteiger partial charge in [-0.1, -0.05) is 0 Å². The monoisotopic (exact) mass is 415 g/mol. The van der Waals surface area contributed by atoms with Gasteiger partial charge in [-0.3, -0.25) is 10.1 Å². The van der Waals surface area contributed by atoms with Crippen LogP contribution in [0.2, 0.25) is 0 Å². The van der Waals surface area contributed by atoms with Gasteiger partial charge in [0.05, 0.1) is 41.9 Å². The van der Waals surface area contributed by atoms with Crippen molar-refractivity contribution in [2.24, 2.45) is 11.7 Å². The molecule has 4 aliphatic rings. The molecule has 0 spiro atoms. The first-order valence-corrected chi connectivity index (χ1v) is 11.0. The predicted octanol–water partition coefficient (Wildman–Crippen LogP) is -1.80. The van der Waals surface area contributed by atoms with E-state index in [0.29, 0.717) is 13.1 Å². The van der Waals surface area contributed by atoms with Crippen molar-refractivity contribution in [2.75, 3.05) is 46.3 Å². The molecule has 160 valence electrons. The Morgan fingerprint density at radius 3 is 2.96 bits per heavy atom. The molecule has 0 bridgehead atoms. The summed E-state index contributed by atoms with van der Waals surface area (Å²) in [7, 11) is 2.14. The van der Waals surface area contributed by atoms with Crippen LogP contribution < -0.4 is 27.1 Å². The third kappa shape index (κ3) is 4.62. The van der Waals surface area contributed by atoms with Crippen LogP contribution in [0.3, 0.4) is 0 Å². The first kappa shape index (κ1) is 20.7. The molecular formula is C18H34ClN7O2. The Morgan fingerprint density at radius 2 is 2.14 bits per heavy atom. The zero-order valence-corrected chi connectivity index (χ0v) is 17.3. The summed E-state index contributed by atoms with van der Waals surface area (Å²) < 4.78 is 6.44. The number of nitrogens with one attached hydrogen (secondary N) is 4. The van der Waals surface area contributed by atoms with E-state index in [4.69, 9.17) is 22.1 Å². The van der Waals surface area contributed by atoms with Gasteiger partial charge in [0.25, 0.3) is 0 Å². The molecule has 0 saturated carbocycles. The molecule has 0 aromatic rings. The second-order valence-corrected chi connectivity index (χ2v) is 9.21. The maximum Gasteiger partial charge on any atom is 0.229 e. The second kappa shape index (κ2) is 9.09. The molecule has 28 heavy (non-hydrogen) atoms. The Hall–Kier alpha value is -0.520. The predicted molar refractivity (Wildman–Crippen MR) is 108 cm³/mol. The fourth-order valence-electron chi connectivity index (χ4n) is 4.88. The summed E-state index contributed by atoms with van der Waals surface area (Å²) >= 11 is 6.22. The fourth-order valence-corrected chi connectivity index (χ4v) is 5.11. The summed E-state index contributed by atoms with van der Waals surface area (Å²) in [6.45, 7) is 5.07. The molecule has 4 heterocycles. The van der Waals surface area contributed by atoms with Gasteiger partial charge in [0, 0.05) is 26.2 Å². The lowest BCUT2D eigenvalue weighted by molar-refractivity contribution is -0.130. The highest BCUT2D eigenvalue weighted by atomic mass is 35.5. The second-order valence-electron chi connectivity index (χ2n) is 8.59. The Kier molecular flexibility index (Phi) is 6.74. The number of likely N-dealkylation sites (N-methyl/N-ethyl adjacent to an activating group) is 1. The van der Waals surface area contributed by atoms with Crippen LogP contribution in [0.25, 0.3) is 0 Å². The van der Waals surface area contributed by atoms with Gasteiger partial charge in [0.2, 0.25) is 5.91 Å². The highest BCUT2D eigenvalue weighted by Gasteiger charge is 2.47. The smallest absolute Gasteiger partial charge is 0.229 e. The highest BCUT2D eigenvalue weighted by Crippen LogP contribution is 2.24. The molecule has 0 aliphatic carbocycles. The van der Waals surface area contributed by atoms with Crippen LogP contribution in [0, 0.1) is 5.92 Å². The maximum absolute atomic E-state index is 13.1. The normalized spacial score (nSPS) is 42.9. The van der Waals surface area contributed by atoms with Gasteiger partial charge >= 0.3 is 0 Å². The topological polar surface area (TPSA) is 107 Å². The number of rotatable bonds is 4. The van der Waals surface area contributed by atoms with Crippen molar-refractivity contribution in [1.82, 2.24) is 31.3 Å². The summed E-state index contributed by atoms with van der Waals surface area (Å²) in [5.74, 6) is -0.399. The molecular weight excluding hydrogens is 382 g/mol. The minimum Gasteiger partial charge on any atom is -0.371 e. The average molecular weight is 416 g/mol. The van der Waals surface area contributed by atoms with E-state index in [9.17, 15) is 4.79 Å². The van der Waals surface area contributed by atoms with E-state index in [2.05, 4.69) is 33.3 Å². The number of alkyl halides is 1. The average Bonchev–Trinajstić information content (AvgIpc) is 2.98. The zero-order chi connectivity index (χ0) is 19.7. The van der Waals surface area contributed by atoms with Gasteiger partial charge in [-0.05, 0) is 39.4 Å². The standard InChI is InChI=1S/C18H34ClN7O2/c1-25-6-2-3-12(10-25)28-14-4-5-21-8-13(14)23-18(27)15-16(20)24-26-9-11(19)7-22-17(15)26/h11-17,21-22,24H,2-10,20H2,1H3,(H,23,27). The Morgan fingerprint density at radius 1 is 1.29 bits per heavy atom. The van der Waals surface area contributed by atoms with E-state index >= 15 is 0 Å². The summed E-state index contributed by atoms with van der Waals surface area (Å²) in [4.78, 5) is 15.4. The molecule has 4 saturated heterocycles. The molecule has 6 N–H and O–H groups in total. The van der Waals surface area contributed by atoms with Gasteiger partial charge in [-0.25, -0.2) is 10.4 Å². The van der Waals surface area contributed by atoms with Gasteiger partial charge in [-0.15, -0.1) is 11.6 Å². The lowest BCUT2D eigenvalue weighted by atomic mass is 9.98. The first-order valence-electron chi connectivity index (χ1n) is 10.5. The largest absolute Gasteiger partial charge is 0.371 e. The quantitative estimate of drug-likeness (QED) is 0.342. The molecule has 0 radical (unpaired) electrons. The number of amides is 1. The number of carbonyl (C=O) groups is 1. The lowest BCUT2D eigenvalue weighted by Gasteiger charge is -2.39. The fraction of sp³-hybridized carbons (Fsp3) is 0.944. The van der Waals surface area contributed by atoms with Crippen molar-refractivity contribution < 1.29 is 9.53 Å². The number of ether oxygens (including phenoxy) is 1. The van der Waals surface area contributed by atoms with Crippen LogP contribution >= 0.6 is 11.6 Å². The molecule has 4 aliphatic heterocycles. The number of carbonyl (C=O) groups excluding carboxylic acids is 1. The summed E-state index contributed by atoms with van der Waals surface area (Å²) in [6.07, 6.45) is 2.88. The van der Waals surface area contributed by atoms with Crippen LogP contribution in [-0.4, -0.2) is 98.1 Å². The van der Waals surface area contributed by atoms with Crippen LogP contribution in [0.5, 0.6) is 0 Å². The number of halogens is 1. The number of piperidine rings is 2. The van der Waals surface area contributed by atoms with Crippen LogP contribution in [0.1, 0.15) is 19.3 Å².